The van der Waals surface area contributed by atoms with Crippen LogP contribution in [0.3, 0.4) is 0 Å². The zero-order chi connectivity index (χ0) is 12.3. The van der Waals surface area contributed by atoms with Crippen molar-refractivity contribution in [3.05, 3.63) is 30.2 Å². The molecule has 0 spiro atoms. The van der Waals surface area contributed by atoms with Crippen molar-refractivity contribution in [3.8, 4) is 17.1 Å². The van der Waals surface area contributed by atoms with Crippen molar-refractivity contribution in [1.29, 1.82) is 0 Å². The fraction of sp³-hybridized carbons (Fsp3) is 0.250. The molecule has 0 N–H and O–H groups in total. The third-order valence-corrected chi connectivity index (χ3v) is 2.13. The van der Waals surface area contributed by atoms with Gasteiger partial charge in [0.1, 0.15) is 5.75 Å². The molecule has 0 fully saturated rings. The number of carbonyl (C=O) groups is 1. The van der Waals surface area contributed by atoms with Crippen LogP contribution in [0, 0.1) is 0 Å². The highest BCUT2D eigenvalue weighted by Crippen LogP contribution is 2.21. The summed E-state index contributed by atoms with van der Waals surface area (Å²) in [6.07, 6.45) is 0. The Bertz CT molecular complexity index is 534. The molecule has 88 valence electrons. The van der Waals surface area contributed by atoms with Crippen molar-refractivity contribution in [3.63, 3.8) is 0 Å². The molecule has 1 aromatic heterocycles. The van der Waals surface area contributed by atoms with Gasteiger partial charge >= 0.3 is 0 Å². The number of carbonyl (C=O) groups excluding carboxylic acids is 1. The van der Waals surface area contributed by atoms with Crippen LogP contribution in [0.25, 0.3) is 11.4 Å². The van der Waals surface area contributed by atoms with Crippen molar-refractivity contribution >= 4 is 5.78 Å². The minimum Gasteiger partial charge on any atom is -0.494 e. The van der Waals surface area contributed by atoms with Gasteiger partial charge in [0.05, 0.1) is 6.61 Å². The van der Waals surface area contributed by atoms with Crippen molar-refractivity contribution in [1.82, 2.24) is 10.1 Å². The molecule has 17 heavy (non-hydrogen) atoms. The zero-order valence-electron chi connectivity index (χ0n) is 9.64. The quantitative estimate of drug-likeness (QED) is 0.757. The Labute approximate surface area is 98.4 Å². The van der Waals surface area contributed by atoms with Gasteiger partial charge in [0.15, 0.2) is 0 Å². The van der Waals surface area contributed by atoms with Crippen LogP contribution in [-0.2, 0) is 0 Å². The number of hydrogen-bond acceptors (Lipinski definition) is 5. The fourth-order valence-corrected chi connectivity index (χ4v) is 1.38. The van der Waals surface area contributed by atoms with Crippen molar-refractivity contribution < 1.29 is 14.1 Å². The number of nitrogens with zero attached hydrogens (tertiary/aromatic N) is 2. The van der Waals surface area contributed by atoms with Crippen molar-refractivity contribution in [2.24, 2.45) is 0 Å². The Morgan fingerprint density at radius 1 is 1.47 bits per heavy atom. The molecule has 0 saturated heterocycles. The summed E-state index contributed by atoms with van der Waals surface area (Å²) in [4.78, 5) is 15.0. The number of ketones is 1. The van der Waals surface area contributed by atoms with Crippen molar-refractivity contribution in [2.45, 2.75) is 13.8 Å². The van der Waals surface area contributed by atoms with Gasteiger partial charge in [0.2, 0.25) is 11.6 Å². The van der Waals surface area contributed by atoms with E-state index >= 15 is 0 Å². The summed E-state index contributed by atoms with van der Waals surface area (Å²) in [5.74, 6) is 0.891. The maximum absolute atomic E-state index is 11.0. The zero-order valence-corrected chi connectivity index (χ0v) is 9.64. The average Bonchev–Trinajstić information content (AvgIpc) is 2.79. The summed E-state index contributed by atoms with van der Waals surface area (Å²) < 4.78 is 10.2. The molecule has 0 aliphatic carbocycles. The highest BCUT2D eigenvalue weighted by Gasteiger charge is 2.12. The highest BCUT2D eigenvalue weighted by molar-refractivity contribution is 5.89. The largest absolute Gasteiger partial charge is 0.494 e. The van der Waals surface area contributed by atoms with E-state index in [2.05, 4.69) is 10.1 Å². The van der Waals surface area contributed by atoms with E-state index in [1.54, 1.807) is 6.07 Å². The third kappa shape index (κ3) is 2.50. The van der Waals surface area contributed by atoms with E-state index in [9.17, 15) is 4.79 Å². The molecule has 2 aromatic rings. The van der Waals surface area contributed by atoms with Gasteiger partial charge in [-0.1, -0.05) is 17.3 Å². The van der Waals surface area contributed by atoms with Gasteiger partial charge in [-0.15, -0.1) is 0 Å². The molecule has 0 amide bonds. The molecule has 0 aliphatic rings. The van der Waals surface area contributed by atoms with Gasteiger partial charge in [-0.25, -0.2) is 0 Å². The lowest BCUT2D eigenvalue weighted by Crippen LogP contribution is -1.92. The first-order valence-corrected chi connectivity index (χ1v) is 5.28. The van der Waals surface area contributed by atoms with Crippen LogP contribution in [-0.4, -0.2) is 22.5 Å². The van der Waals surface area contributed by atoms with Crippen LogP contribution in [0.5, 0.6) is 5.75 Å². The number of ether oxygens (including phenoxy) is 1. The first kappa shape index (κ1) is 11.3. The number of Topliss-reactive ketones (excluding diaryl/α,β-unsaturated/α-hetero) is 1. The van der Waals surface area contributed by atoms with E-state index in [1.165, 1.54) is 6.92 Å². The van der Waals surface area contributed by atoms with E-state index in [0.29, 0.717) is 12.4 Å². The molecule has 5 heteroatoms. The second-order valence-corrected chi connectivity index (χ2v) is 3.44. The molecular formula is C12H12N2O3. The normalized spacial score (nSPS) is 10.2. The summed E-state index contributed by atoms with van der Waals surface area (Å²) >= 11 is 0. The molecule has 0 unspecified atom stereocenters. The van der Waals surface area contributed by atoms with Crippen molar-refractivity contribution in [2.75, 3.05) is 6.61 Å². The van der Waals surface area contributed by atoms with Gasteiger partial charge < -0.3 is 9.26 Å². The predicted molar refractivity (Wildman–Crippen MR) is 60.9 cm³/mol. The maximum Gasteiger partial charge on any atom is 0.294 e. The Morgan fingerprint density at radius 3 is 2.94 bits per heavy atom. The summed E-state index contributed by atoms with van der Waals surface area (Å²) in [6, 6.07) is 7.32. The second-order valence-electron chi connectivity index (χ2n) is 3.44. The monoisotopic (exact) mass is 232 g/mol. The lowest BCUT2D eigenvalue weighted by atomic mass is 10.2. The molecular weight excluding hydrogens is 220 g/mol. The molecule has 0 atom stereocenters. The molecule has 1 aromatic carbocycles. The number of hydrogen-bond donors (Lipinski definition) is 0. The van der Waals surface area contributed by atoms with Gasteiger partial charge in [0, 0.05) is 12.5 Å². The summed E-state index contributed by atoms with van der Waals surface area (Å²) in [5, 5.41) is 3.75. The van der Waals surface area contributed by atoms with Crippen LogP contribution < -0.4 is 4.74 Å². The van der Waals surface area contributed by atoms with Crippen LogP contribution >= 0.6 is 0 Å². The predicted octanol–water partition coefficient (Wildman–Crippen LogP) is 2.34. The van der Waals surface area contributed by atoms with Crippen LogP contribution in [0.4, 0.5) is 0 Å². The molecule has 0 bridgehead atoms. The maximum atomic E-state index is 11.0. The molecule has 0 aliphatic heterocycles. The van der Waals surface area contributed by atoms with Crippen LogP contribution in [0.15, 0.2) is 28.8 Å². The topological polar surface area (TPSA) is 65.2 Å². The van der Waals surface area contributed by atoms with E-state index in [-0.39, 0.29) is 11.7 Å². The smallest absolute Gasteiger partial charge is 0.294 e. The highest BCUT2D eigenvalue weighted by atomic mass is 16.5. The summed E-state index contributed by atoms with van der Waals surface area (Å²) in [7, 11) is 0. The lowest BCUT2D eigenvalue weighted by molar-refractivity contribution is 0.0972. The van der Waals surface area contributed by atoms with E-state index in [0.717, 1.165) is 11.3 Å². The molecule has 1 heterocycles. The Hall–Kier alpha value is -2.17. The van der Waals surface area contributed by atoms with E-state index in [1.807, 2.05) is 25.1 Å². The SMILES string of the molecule is CCOc1cccc(-c2noc(C(C)=O)n2)c1. The van der Waals surface area contributed by atoms with Gasteiger partial charge in [0.25, 0.3) is 5.89 Å². The number of rotatable bonds is 4. The first-order valence-electron chi connectivity index (χ1n) is 5.28. The number of aromatic nitrogens is 2. The van der Waals surface area contributed by atoms with Crippen LogP contribution in [0.2, 0.25) is 0 Å². The Kier molecular flexibility index (Phi) is 3.18. The lowest BCUT2D eigenvalue weighted by Gasteiger charge is -2.02. The standard InChI is InChI=1S/C12H12N2O3/c1-3-16-10-6-4-5-9(7-10)11-13-12(8(2)15)17-14-11/h4-7H,3H2,1-2H3. The Balaban J connectivity index is 2.31. The molecule has 5 nitrogen and oxygen atoms in total. The molecule has 2 rings (SSSR count). The third-order valence-electron chi connectivity index (χ3n) is 2.13. The summed E-state index contributed by atoms with van der Waals surface area (Å²) in [6.45, 7) is 3.89. The van der Waals surface area contributed by atoms with Gasteiger partial charge in [-0.3, -0.25) is 4.79 Å². The second kappa shape index (κ2) is 4.78. The Morgan fingerprint density at radius 2 is 2.29 bits per heavy atom. The fourth-order valence-electron chi connectivity index (χ4n) is 1.38. The first-order chi connectivity index (χ1) is 8.20. The number of benzene rings is 1. The average molecular weight is 232 g/mol. The van der Waals surface area contributed by atoms with Gasteiger partial charge in [-0.2, -0.15) is 4.98 Å². The van der Waals surface area contributed by atoms with Crippen LogP contribution in [0.1, 0.15) is 24.5 Å². The van der Waals surface area contributed by atoms with Gasteiger partial charge in [-0.05, 0) is 19.1 Å². The molecule has 0 radical (unpaired) electrons. The van der Waals surface area contributed by atoms with E-state index in [4.69, 9.17) is 9.26 Å². The minimum atomic E-state index is -0.246. The summed E-state index contributed by atoms with van der Waals surface area (Å²) in [5.41, 5.74) is 0.757. The van der Waals surface area contributed by atoms with E-state index < -0.39 is 0 Å². The minimum absolute atomic E-state index is 0.0156. The molecule has 0 saturated carbocycles.